The SMILES string of the molecule is O=C(Nc1nc(-c2ccc(C(F)(F)F)cc2)c(-c2ccccc2-c2ccc([N+](=O)[O-])cc2O)o1)c1ccccc1. The summed E-state index contributed by atoms with van der Waals surface area (Å²) in [5.41, 5.74) is 0.584. The second-order valence-electron chi connectivity index (χ2n) is 8.60. The van der Waals surface area contributed by atoms with Gasteiger partial charge in [0.25, 0.3) is 11.6 Å². The van der Waals surface area contributed by atoms with Gasteiger partial charge in [0.1, 0.15) is 11.4 Å². The number of hydrogen-bond donors (Lipinski definition) is 2. The molecule has 0 unspecified atom stereocenters. The van der Waals surface area contributed by atoms with Crippen molar-refractivity contribution in [1.82, 2.24) is 4.98 Å². The van der Waals surface area contributed by atoms with E-state index in [1.807, 2.05) is 0 Å². The molecule has 8 nitrogen and oxygen atoms in total. The van der Waals surface area contributed by atoms with Gasteiger partial charge in [0, 0.05) is 28.3 Å². The number of alkyl halides is 3. The molecule has 0 aliphatic rings. The quantitative estimate of drug-likeness (QED) is 0.168. The number of nitro groups is 1. The number of anilines is 1. The Balaban J connectivity index is 1.64. The molecular weight excluding hydrogens is 527 g/mol. The molecule has 40 heavy (non-hydrogen) atoms. The maximum absolute atomic E-state index is 13.2. The fourth-order valence-corrected chi connectivity index (χ4v) is 4.11. The Hall–Kier alpha value is -5.45. The van der Waals surface area contributed by atoms with Gasteiger partial charge in [-0.05, 0) is 35.9 Å². The largest absolute Gasteiger partial charge is 0.507 e. The van der Waals surface area contributed by atoms with Crippen LogP contribution in [0.2, 0.25) is 0 Å². The Labute approximate surface area is 224 Å². The summed E-state index contributed by atoms with van der Waals surface area (Å²) in [5.74, 6) is -0.792. The molecular formula is C29H18F3N3O5. The van der Waals surface area contributed by atoms with Gasteiger partial charge >= 0.3 is 12.2 Å². The van der Waals surface area contributed by atoms with Gasteiger partial charge in [0.2, 0.25) is 0 Å². The molecule has 200 valence electrons. The summed E-state index contributed by atoms with van der Waals surface area (Å²) >= 11 is 0. The Morgan fingerprint density at radius 3 is 2.15 bits per heavy atom. The number of nitrogens with one attached hydrogen (secondary N) is 1. The van der Waals surface area contributed by atoms with Crippen LogP contribution in [0, 0.1) is 10.1 Å². The van der Waals surface area contributed by atoms with Crippen molar-refractivity contribution < 1.29 is 32.4 Å². The molecule has 0 fully saturated rings. The lowest BCUT2D eigenvalue weighted by atomic mass is 9.95. The van der Waals surface area contributed by atoms with Gasteiger partial charge in [-0.3, -0.25) is 20.2 Å². The fourth-order valence-electron chi connectivity index (χ4n) is 4.11. The van der Waals surface area contributed by atoms with Gasteiger partial charge in [-0.1, -0.05) is 54.6 Å². The molecule has 0 aliphatic carbocycles. The summed E-state index contributed by atoms with van der Waals surface area (Å²) in [6.45, 7) is 0. The van der Waals surface area contributed by atoms with E-state index in [0.717, 1.165) is 18.2 Å². The lowest BCUT2D eigenvalue weighted by Crippen LogP contribution is -2.11. The van der Waals surface area contributed by atoms with Gasteiger partial charge in [0.15, 0.2) is 5.76 Å². The minimum atomic E-state index is -4.54. The van der Waals surface area contributed by atoms with E-state index >= 15 is 0 Å². The Morgan fingerprint density at radius 2 is 1.52 bits per heavy atom. The average molecular weight is 545 g/mol. The van der Waals surface area contributed by atoms with Crippen LogP contribution in [0.5, 0.6) is 5.75 Å². The number of aromatic nitrogens is 1. The minimum absolute atomic E-state index is 0.0940. The zero-order chi connectivity index (χ0) is 28.4. The van der Waals surface area contributed by atoms with Crippen LogP contribution in [0.4, 0.5) is 24.9 Å². The minimum Gasteiger partial charge on any atom is -0.507 e. The number of benzene rings is 4. The number of aromatic hydroxyl groups is 1. The summed E-state index contributed by atoms with van der Waals surface area (Å²) in [5, 5.41) is 24.3. The zero-order valence-electron chi connectivity index (χ0n) is 20.3. The third-order valence-electron chi connectivity index (χ3n) is 6.02. The lowest BCUT2D eigenvalue weighted by molar-refractivity contribution is -0.384. The highest BCUT2D eigenvalue weighted by Crippen LogP contribution is 2.43. The summed E-state index contributed by atoms with van der Waals surface area (Å²) in [6, 6.07) is 22.6. The number of non-ortho nitro benzene ring substituents is 1. The van der Waals surface area contributed by atoms with E-state index in [1.165, 1.54) is 24.3 Å². The Bertz CT molecular complexity index is 1720. The second-order valence-corrected chi connectivity index (χ2v) is 8.60. The third kappa shape index (κ3) is 5.25. The van der Waals surface area contributed by atoms with Crippen LogP contribution >= 0.6 is 0 Å². The second kappa shape index (κ2) is 10.4. The normalized spacial score (nSPS) is 11.3. The number of carbonyl (C=O) groups is 1. The summed E-state index contributed by atoms with van der Waals surface area (Å²) < 4.78 is 45.5. The molecule has 5 rings (SSSR count). The van der Waals surface area contributed by atoms with E-state index in [9.17, 15) is 33.2 Å². The van der Waals surface area contributed by atoms with Gasteiger partial charge in [-0.2, -0.15) is 18.2 Å². The highest BCUT2D eigenvalue weighted by Gasteiger charge is 2.30. The molecule has 0 saturated heterocycles. The number of nitro benzene ring substituents is 1. The molecule has 0 atom stereocenters. The number of amides is 1. The van der Waals surface area contributed by atoms with Crippen molar-refractivity contribution in [2.45, 2.75) is 6.18 Å². The van der Waals surface area contributed by atoms with Crippen LogP contribution in [-0.4, -0.2) is 20.9 Å². The van der Waals surface area contributed by atoms with Gasteiger partial charge in [-0.25, -0.2) is 0 Å². The van der Waals surface area contributed by atoms with Gasteiger partial charge in [0.05, 0.1) is 16.6 Å². The predicted octanol–water partition coefficient (Wildman–Crippen LogP) is 7.56. The number of phenols is 1. The van der Waals surface area contributed by atoms with Crippen LogP contribution in [0.3, 0.4) is 0 Å². The number of nitrogens with zero attached hydrogens (tertiary/aromatic N) is 2. The van der Waals surface area contributed by atoms with Crippen molar-refractivity contribution >= 4 is 17.6 Å². The Morgan fingerprint density at radius 1 is 0.875 bits per heavy atom. The molecule has 0 radical (unpaired) electrons. The molecule has 1 amide bonds. The topological polar surface area (TPSA) is 118 Å². The number of oxazole rings is 1. The summed E-state index contributed by atoms with van der Waals surface area (Å²) in [4.78, 5) is 27.6. The molecule has 0 saturated carbocycles. The van der Waals surface area contributed by atoms with Crippen molar-refractivity contribution in [3.8, 4) is 39.5 Å². The first-order chi connectivity index (χ1) is 19.1. The van der Waals surface area contributed by atoms with Crippen molar-refractivity contribution in [2.75, 3.05) is 5.32 Å². The first-order valence-corrected chi connectivity index (χ1v) is 11.7. The Kier molecular flexibility index (Phi) is 6.78. The third-order valence-corrected chi connectivity index (χ3v) is 6.02. The smallest absolute Gasteiger partial charge is 0.416 e. The number of hydrogen-bond acceptors (Lipinski definition) is 6. The van der Waals surface area contributed by atoms with E-state index in [2.05, 4.69) is 10.3 Å². The predicted molar refractivity (Wildman–Crippen MR) is 141 cm³/mol. The van der Waals surface area contributed by atoms with Gasteiger partial charge in [-0.15, -0.1) is 0 Å². The van der Waals surface area contributed by atoms with E-state index in [-0.39, 0.29) is 40.0 Å². The van der Waals surface area contributed by atoms with Crippen LogP contribution < -0.4 is 5.32 Å². The van der Waals surface area contributed by atoms with Crippen LogP contribution in [0.1, 0.15) is 15.9 Å². The molecule has 4 aromatic carbocycles. The van der Waals surface area contributed by atoms with Gasteiger partial charge < -0.3 is 9.52 Å². The van der Waals surface area contributed by atoms with Crippen LogP contribution in [0.25, 0.3) is 33.7 Å². The van der Waals surface area contributed by atoms with Crippen molar-refractivity contribution in [3.63, 3.8) is 0 Å². The molecule has 1 aromatic heterocycles. The monoisotopic (exact) mass is 545 g/mol. The molecule has 5 aromatic rings. The van der Waals surface area contributed by atoms with E-state index in [0.29, 0.717) is 16.7 Å². The number of phenolic OH excluding ortho intramolecular Hbond substituents is 1. The fraction of sp³-hybridized carbons (Fsp3) is 0.0345. The van der Waals surface area contributed by atoms with Crippen LogP contribution in [0.15, 0.2) is 101 Å². The molecule has 11 heteroatoms. The van der Waals surface area contributed by atoms with E-state index < -0.39 is 22.6 Å². The summed E-state index contributed by atoms with van der Waals surface area (Å²) in [6.07, 6.45) is -4.54. The van der Waals surface area contributed by atoms with Crippen molar-refractivity contribution in [2.24, 2.45) is 0 Å². The molecule has 0 bridgehead atoms. The number of rotatable bonds is 6. The highest BCUT2D eigenvalue weighted by atomic mass is 19.4. The first kappa shape index (κ1) is 26.2. The maximum Gasteiger partial charge on any atom is 0.416 e. The molecule has 0 aliphatic heterocycles. The van der Waals surface area contributed by atoms with E-state index in [4.69, 9.17) is 4.42 Å². The molecule has 0 spiro atoms. The van der Waals surface area contributed by atoms with E-state index in [1.54, 1.807) is 54.6 Å². The average Bonchev–Trinajstić information content (AvgIpc) is 3.36. The zero-order valence-corrected chi connectivity index (χ0v) is 20.3. The highest BCUT2D eigenvalue weighted by molar-refractivity contribution is 6.03. The number of halogens is 3. The standard InChI is InChI=1S/C29H18F3N3O5/c30-29(31,32)19-12-10-17(11-13-19)25-26(40-28(33-25)34-27(37)18-6-2-1-3-7-18)23-9-5-4-8-21(23)22-15-14-20(35(38)39)16-24(22)36/h1-16,36H,(H,33,34,37). The molecule has 2 N–H and O–H groups in total. The maximum atomic E-state index is 13.2. The lowest BCUT2D eigenvalue weighted by Gasteiger charge is -2.11. The first-order valence-electron chi connectivity index (χ1n) is 11.7. The summed E-state index contributed by atoms with van der Waals surface area (Å²) in [7, 11) is 0. The molecule has 1 heterocycles. The number of carbonyl (C=O) groups excluding carboxylic acids is 1. The van der Waals surface area contributed by atoms with Crippen molar-refractivity contribution in [3.05, 3.63) is 118 Å². The van der Waals surface area contributed by atoms with Crippen LogP contribution in [-0.2, 0) is 6.18 Å². The van der Waals surface area contributed by atoms with Crippen molar-refractivity contribution in [1.29, 1.82) is 0 Å².